The van der Waals surface area contributed by atoms with Crippen molar-refractivity contribution in [3.63, 3.8) is 0 Å². The Labute approximate surface area is 131 Å². The fourth-order valence-corrected chi connectivity index (χ4v) is 3.61. The normalized spacial score (nSPS) is 11.8. The van der Waals surface area contributed by atoms with Crippen LogP contribution in [-0.4, -0.2) is 25.1 Å². The van der Waals surface area contributed by atoms with E-state index in [1.807, 2.05) is 0 Å². The molecule has 0 amide bonds. The van der Waals surface area contributed by atoms with Gasteiger partial charge in [0.05, 0.1) is 5.02 Å². The summed E-state index contributed by atoms with van der Waals surface area (Å²) in [7, 11) is -3.78. The van der Waals surface area contributed by atoms with Gasteiger partial charge >= 0.3 is 0 Å². The van der Waals surface area contributed by atoms with Gasteiger partial charge < -0.3 is 10.3 Å². The van der Waals surface area contributed by atoms with Gasteiger partial charge in [-0.25, -0.2) is 13.1 Å². The Bertz CT molecular complexity index is 719. The van der Waals surface area contributed by atoms with Crippen LogP contribution in [0.2, 0.25) is 10.0 Å². The van der Waals surface area contributed by atoms with Gasteiger partial charge in [-0.15, -0.1) is 0 Å². The molecule has 0 aliphatic heterocycles. The van der Waals surface area contributed by atoms with E-state index in [1.54, 1.807) is 0 Å². The monoisotopic (exact) mass is 350 g/mol. The summed E-state index contributed by atoms with van der Waals surface area (Å²) in [6.07, 6.45) is 1.47. The van der Waals surface area contributed by atoms with Crippen LogP contribution in [0.25, 0.3) is 0 Å². The van der Waals surface area contributed by atoms with E-state index in [1.165, 1.54) is 18.5 Å². The van der Waals surface area contributed by atoms with Crippen LogP contribution in [0, 0.1) is 0 Å². The first-order valence-electron chi connectivity index (χ1n) is 5.87. The van der Waals surface area contributed by atoms with Crippen molar-refractivity contribution in [2.24, 2.45) is 5.73 Å². The highest BCUT2D eigenvalue weighted by Gasteiger charge is 2.21. The van der Waals surface area contributed by atoms with E-state index in [-0.39, 0.29) is 23.0 Å². The maximum absolute atomic E-state index is 12.2. The second-order valence-corrected chi connectivity index (χ2v) is 6.56. The molecule has 0 saturated heterocycles. The zero-order valence-electron chi connectivity index (χ0n) is 10.7. The molecule has 0 bridgehead atoms. The molecule has 0 fully saturated rings. The quantitative estimate of drug-likeness (QED) is 0.813. The maximum atomic E-state index is 12.2. The van der Waals surface area contributed by atoms with E-state index in [0.29, 0.717) is 22.8 Å². The predicted octanol–water partition coefficient (Wildman–Crippen LogP) is 1.36. The van der Waals surface area contributed by atoms with E-state index in [2.05, 4.69) is 19.4 Å². The highest BCUT2D eigenvalue weighted by molar-refractivity contribution is 7.89. The number of hydrogen-bond donors (Lipinski definition) is 2. The highest BCUT2D eigenvalue weighted by Crippen LogP contribution is 2.30. The fourth-order valence-electron chi connectivity index (χ4n) is 1.65. The van der Waals surface area contributed by atoms with Crippen molar-refractivity contribution in [1.29, 1.82) is 0 Å². The summed E-state index contributed by atoms with van der Waals surface area (Å²) < 4.78 is 31.4. The lowest BCUT2D eigenvalue weighted by Gasteiger charge is -2.11. The number of halogens is 2. The molecule has 7 nitrogen and oxygen atoms in total. The molecule has 0 saturated carbocycles. The Morgan fingerprint density at radius 2 is 2.10 bits per heavy atom. The minimum Gasteiger partial charge on any atom is -0.343 e. The number of nitrogens with zero attached hydrogens (tertiary/aromatic N) is 2. The Hall–Kier alpha value is -1.19. The lowest BCUT2D eigenvalue weighted by Crippen LogP contribution is -2.26. The van der Waals surface area contributed by atoms with Crippen molar-refractivity contribution in [1.82, 2.24) is 14.9 Å². The van der Waals surface area contributed by atoms with Crippen molar-refractivity contribution < 1.29 is 12.9 Å². The van der Waals surface area contributed by atoms with Crippen molar-refractivity contribution >= 4 is 33.2 Å². The van der Waals surface area contributed by atoms with Crippen molar-refractivity contribution in [2.45, 2.75) is 17.9 Å². The van der Waals surface area contributed by atoms with Crippen LogP contribution in [0.15, 0.2) is 27.9 Å². The summed E-state index contributed by atoms with van der Waals surface area (Å²) in [5.41, 5.74) is 5.91. The topological polar surface area (TPSA) is 111 Å². The summed E-state index contributed by atoms with van der Waals surface area (Å²) in [6, 6.07) is 2.78. The number of nitrogens with two attached hydrogens (primary N) is 1. The number of hydrogen-bond acceptors (Lipinski definition) is 6. The van der Waals surface area contributed by atoms with Crippen LogP contribution in [0.4, 0.5) is 0 Å². The molecule has 1 heterocycles. The van der Waals surface area contributed by atoms with Crippen molar-refractivity contribution in [3.8, 4) is 0 Å². The molecule has 1 aromatic heterocycles. The SMILES string of the molecule is NCc1c(Cl)ccc(S(=O)(=O)NCCc2ncon2)c1Cl. The van der Waals surface area contributed by atoms with Crippen LogP contribution in [0.3, 0.4) is 0 Å². The minimum absolute atomic E-state index is 0.0251. The molecule has 0 radical (unpaired) electrons. The lowest BCUT2D eigenvalue weighted by atomic mass is 10.2. The van der Waals surface area contributed by atoms with E-state index in [4.69, 9.17) is 28.9 Å². The fraction of sp³-hybridized carbons (Fsp3) is 0.273. The average Bonchev–Trinajstić information content (AvgIpc) is 2.92. The Morgan fingerprint density at radius 1 is 1.33 bits per heavy atom. The second-order valence-electron chi connectivity index (χ2n) is 4.04. The summed E-state index contributed by atoms with van der Waals surface area (Å²) in [5, 5.41) is 3.94. The third kappa shape index (κ3) is 3.72. The Kier molecular flexibility index (Phi) is 5.17. The lowest BCUT2D eigenvalue weighted by molar-refractivity contribution is 0.410. The van der Waals surface area contributed by atoms with Gasteiger partial charge in [-0.2, -0.15) is 4.98 Å². The largest absolute Gasteiger partial charge is 0.343 e. The minimum atomic E-state index is -3.78. The highest BCUT2D eigenvalue weighted by atomic mass is 35.5. The maximum Gasteiger partial charge on any atom is 0.242 e. The molecular weight excluding hydrogens is 339 g/mol. The van der Waals surface area contributed by atoms with Gasteiger partial charge in [0.1, 0.15) is 4.90 Å². The Balaban J connectivity index is 2.16. The van der Waals surface area contributed by atoms with Crippen LogP contribution in [0.1, 0.15) is 11.4 Å². The molecule has 21 heavy (non-hydrogen) atoms. The first-order valence-corrected chi connectivity index (χ1v) is 8.11. The van der Waals surface area contributed by atoms with Gasteiger partial charge in [0.25, 0.3) is 0 Å². The molecule has 0 aliphatic carbocycles. The van der Waals surface area contributed by atoms with Crippen LogP contribution >= 0.6 is 23.2 Å². The molecule has 3 N–H and O–H groups in total. The van der Waals surface area contributed by atoms with Gasteiger partial charge in [-0.1, -0.05) is 28.4 Å². The number of rotatable bonds is 6. The van der Waals surface area contributed by atoms with Crippen molar-refractivity contribution in [3.05, 3.63) is 40.0 Å². The van der Waals surface area contributed by atoms with Crippen LogP contribution in [-0.2, 0) is 23.0 Å². The molecule has 10 heteroatoms. The molecule has 2 aromatic rings. The molecule has 0 unspecified atom stereocenters. The molecule has 114 valence electrons. The average molecular weight is 351 g/mol. The van der Waals surface area contributed by atoms with Gasteiger partial charge in [-0.05, 0) is 12.1 Å². The summed E-state index contributed by atoms with van der Waals surface area (Å²) >= 11 is 12.0. The van der Waals surface area contributed by atoms with Gasteiger partial charge in [-0.3, -0.25) is 0 Å². The standard InChI is InChI=1S/C11H12Cl2N4O3S/c12-8-1-2-9(11(13)7(8)5-14)21(18,19)16-4-3-10-15-6-20-17-10/h1-2,6,16H,3-5,14H2. The summed E-state index contributed by atoms with van der Waals surface area (Å²) in [5.74, 6) is 0.405. The predicted molar refractivity (Wildman–Crippen MR) is 77.5 cm³/mol. The molecule has 0 spiro atoms. The van der Waals surface area contributed by atoms with Crippen LogP contribution < -0.4 is 10.5 Å². The number of aromatic nitrogens is 2. The molecular formula is C11H12Cl2N4O3S. The van der Waals surface area contributed by atoms with E-state index >= 15 is 0 Å². The summed E-state index contributed by atoms with van der Waals surface area (Å²) in [4.78, 5) is 3.72. The number of sulfonamides is 1. The third-order valence-electron chi connectivity index (χ3n) is 2.69. The molecule has 0 atom stereocenters. The van der Waals surface area contributed by atoms with Gasteiger partial charge in [0.15, 0.2) is 5.82 Å². The zero-order chi connectivity index (χ0) is 15.5. The molecule has 1 aromatic carbocycles. The van der Waals surface area contributed by atoms with Crippen molar-refractivity contribution in [2.75, 3.05) is 6.54 Å². The Morgan fingerprint density at radius 3 is 2.71 bits per heavy atom. The number of benzene rings is 1. The number of nitrogens with one attached hydrogen (secondary N) is 1. The van der Waals surface area contributed by atoms with Crippen LogP contribution in [0.5, 0.6) is 0 Å². The second kappa shape index (κ2) is 6.71. The zero-order valence-corrected chi connectivity index (χ0v) is 13.0. The smallest absolute Gasteiger partial charge is 0.242 e. The van der Waals surface area contributed by atoms with E-state index < -0.39 is 10.0 Å². The van der Waals surface area contributed by atoms with E-state index in [9.17, 15) is 8.42 Å². The van der Waals surface area contributed by atoms with Gasteiger partial charge in [0, 0.05) is 30.1 Å². The summed E-state index contributed by atoms with van der Waals surface area (Å²) in [6.45, 7) is 0.155. The first-order chi connectivity index (χ1) is 9.95. The molecule has 2 rings (SSSR count). The van der Waals surface area contributed by atoms with Gasteiger partial charge in [0.2, 0.25) is 16.4 Å². The third-order valence-corrected chi connectivity index (χ3v) is 5.09. The first kappa shape index (κ1) is 16.2. The molecule has 0 aliphatic rings. The van der Waals surface area contributed by atoms with E-state index in [0.717, 1.165) is 0 Å².